The maximum Gasteiger partial charge on any atom is 0.273 e. The van der Waals surface area contributed by atoms with Gasteiger partial charge in [0.1, 0.15) is 5.00 Å². The smallest absolute Gasteiger partial charge is 0.273 e. The number of benzene rings is 1. The lowest BCUT2D eigenvalue weighted by atomic mass is 9.85. The number of fused-ring (bicyclic) bond motifs is 1. The van der Waals surface area contributed by atoms with E-state index in [2.05, 4.69) is 12.2 Å². The molecule has 0 radical (unpaired) electrons. The molecule has 27 heavy (non-hydrogen) atoms. The number of carbonyl (C=O) groups excluding carboxylic acids is 2. The molecule has 0 saturated heterocycles. The van der Waals surface area contributed by atoms with Crippen molar-refractivity contribution in [3.8, 4) is 0 Å². The number of aryl methyl sites for hydroxylation is 1. The van der Waals surface area contributed by atoms with Gasteiger partial charge in [-0.05, 0) is 43.7 Å². The Morgan fingerprint density at radius 1 is 1.41 bits per heavy atom. The highest BCUT2D eigenvalue weighted by atomic mass is 32.1. The van der Waals surface area contributed by atoms with Gasteiger partial charge in [-0.2, -0.15) is 0 Å². The first-order valence-corrected chi connectivity index (χ1v) is 9.64. The van der Waals surface area contributed by atoms with Gasteiger partial charge in [0.2, 0.25) is 0 Å². The van der Waals surface area contributed by atoms with E-state index in [0.29, 0.717) is 22.0 Å². The fourth-order valence-electron chi connectivity index (χ4n) is 3.47. The Bertz CT molecular complexity index is 935. The highest BCUT2D eigenvalue weighted by molar-refractivity contribution is 7.17. The summed E-state index contributed by atoms with van der Waals surface area (Å²) in [6.45, 7) is 3.76. The minimum Gasteiger partial charge on any atom is -0.365 e. The number of thiophene rings is 1. The largest absolute Gasteiger partial charge is 0.365 e. The topological polar surface area (TPSA) is 115 Å². The van der Waals surface area contributed by atoms with Gasteiger partial charge in [0, 0.05) is 22.1 Å². The molecule has 1 aromatic heterocycles. The van der Waals surface area contributed by atoms with Crippen molar-refractivity contribution in [2.24, 2.45) is 11.7 Å². The quantitative estimate of drug-likeness (QED) is 0.599. The maximum absolute atomic E-state index is 12.6. The molecule has 2 amide bonds. The standard InChI is InChI=1S/C19H21N3O4S/c1-3-11-5-7-13-15(8-11)27-19(16(13)17(20)23)21-18(24)12-6-4-10(2)14(9-12)22(25)26/h4,6,9,11H,3,5,7-8H2,1-2H3,(H2,20,23)(H,21,24)/t11-/m1/s1. The van der Waals surface area contributed by atoms with Gasteiger partial charge in [-0.25, -0.2) is 0 Å². The molecule has 0 spiro atoms. The fraction of sp³-hybridized carbons (Fsp3) is 0.368. The van der Waals surface area contributed by atoms with Gasteiger partial charge in [0.15, 0.2) is 0 Å². The molecule has 2 aromatic rings. The zero-order valence-electron chi connectivity index (χ0n) is 15.2. The van der Waals surface area contributed by atoms with Crippen molar-refractivity contribution in [1.29, 1.82) is 0 Å². The molecule has 0 aliphatic heterocycles. The molecule has 0 bridgehead atoms. The number of hydrogen-bond acceptors (Lipinski definition) is 5. The van der Waals surface area contributed by atoms with Crippen LogP contribution in [0.5, 0.6) is 0 Å². The number of nitro groups is 1. The van der Waals surface area contributed by atoms with Crippen molar-refractivity contribution in [3.63, 3.8) is 0 Å². The van der Waals surface area contributed by atoms with Crippen LogP contribution in [0.2, 0.25) is 0 Å². The van der Waals surface area contributed by atoms with Gasteiger partial charge in [-0.15, -0.1) is 11.3 Å². The number of anilines is 1. The van der Waals surface area contributed by atoms with Crippen molar-refractivity contribution in [1.82, 2.24) is 0 Å². The average Bonchev–Trinajstić information content (AvgIpc) is 2.98. The second kappa shape index (κ2) is 7.48. The highest BCUT2D eigenvalue weighted by Crippen LogP contribution is 2.40. The van der Waals surface area contributed by atoms with Crippen molar-refractivity contribution in [2.45, 2.75) is 39.5 Å². The van der Waals surface area contributed by atoms with Gasteiger partial charge in [0.05, 0.1) is 10.5 Å². The lowest BCUT2D eigenvalue weighted by Gasteiger charge is -2.20. The maximum atomic E-state index is 12.6. The number of nitro benzene ring substituents is 1. The monoisotopic (exact) mass is 387 g/mol. The zero-order valence-corrected chi connectivity index (χ0v) is 16.0. The molecule has 1 aliphatic carbocycles. The van der Waals surface area contributed by atoms with Gasteiger partial charge < -0.3 is 11.1 Å². The van der Waals surface area contributed by atoms with Gasteiger partial charge in [-0.1, -0.05) is 19.4 Å². The number of nitrogens with zero attached hydrogens (tertiary/aromatic N) is 1. The second-order valence-corrected chi connectivity index (χ2v) is 7.91. The van der Waals surface area contributed by atoms with Crippen molar-refractivity contribution >= 4 is 33.8 Å². The Morgan fingerprint density at radius 2 is 2.15 bits per heavy atom. The molecule has 1 aromatic carbocycles. The summed E-state index contributed by atoms with van der Waals surface area (Å²) in [6, 6.07) is 4.31. The molecule has 0 unspecified atom stereocenters. The lowest BCUT2D eigenvalue weighted by molar-refractivity contribution is -0.385. The van der Waals surface area contributed by atoms with E-state index in [1.165, 1.54) is 29.5 Å². The Labute approximate surface area is 160 Å². The number of amides is 2. The van der Waals surface area contributed by atoms with E-state index >= 15 is 0 Å². The summed E-state index contributed by atoms with van der Waals surface area (Å²) in [6.07, 6.45) is 3.72. The van der Waals surface area contributed by atoms with E-state index in [1.807, 2.05) is 0 Å². The molecule has 8 heteroatoms. The SMILES string of the molecule is CC[C@@H]1CCc2c(sc(NC(=O)c3ccc(C)c([N+](=O)[O-])c3)c2C(N)=O)C1. The third-order valence-corrected chi connectivity index (χ3v) is 6.26. The Morgan fingerprint density at radius 3 is 2.78 bits per heavy atom. The van der Waals surface area contributed by atoms with Crippen LogP contribution in [0, 0.1) is 23.0 Å². The van der Waals surface area contributed by atoms with Crippen LogP contribution in [-0.2, 0) is 12.8 Å². The number of nitrogens with two attached hydrogens (primary N) is 1. The van der Waals surface area contributed by atoms with Crippen LogP contribution in [0.15, 0.2) is 18.2 Å². The summed E-state index contributed by atoms with van der Waals surface area (Å²) in [5.41, 5.74) is 7.41. The van der Waals surface area contributed by atoms with Crippen LogP contribution in [0.4, 0.5) is 10.7 Å². The number of hydrogen-bond donors (Lipinski definition) is 2. The van der Waals surface area contributed by atoms with E-state index in [4.69, 9.17) is 5.73 Å². The molecule has 0 fully saturated rings. The number of nitrogens with one attached hydrogen (secondary N) is 1. The molecule has 1 heterocycles. The van der Waals surface area contributed by atoms with Crippen LogP contribution in [0.1, 0.15) is 56.5 Å². The normalized spacial score (nSPS) is 15.9. The highest BCUT2D eigenvalue weighted by Gasteiger charge is 2.28. The van der Waals surface area contributed by atoms with Crippen molar-refractivity contribution < 1.29 is 14.5 Å². The molecule has 7 nitrogen and oxygen atoms in total. The summed E-state index contributed by atoms with van der Waals surface area (Å²) < 4.78 is 0. The minimum absolute atomic E-state index is 0.117. The van der Waals surface area contributed by atoms with E-state index in [1.54, 1.807) is 6.92 Å². The lowest BCUT2D eigenvalue weighted by Crippen LogP contribution is -2.19. The van der Waals surface area contributed by atoms with E-state index in [-0.39, 0.29) is 11.3 Å². The summed E-state index contributed by atoms with van der Waals surface area (Å²) in [4.78, 5) is 36.3. The van der Waals surface area contributed by atoms with Crippen LogP contribution in [0.3, 0.4) is 0 Å². The Kier molecular flexibility index (Phi) is 5.27. The van der Waals surface area contributed by atoms with E-state index < -0.39 is 16.7 Å². The molecule has 3 N–H and O–H groups in total. The van der Waals surface area contributed by atoms with Gasteiger partial charge in [0.25, 0.3) is 17.5 Å². The zero-order chi connectivity index (χ0) is 19.7. The van der Waals surface area contributed by atoms with Crippen LogP contribution in [0.25, 0.3) is 0 Å². The van der Waals surface area contributed by atoms with Gasteiger partial charge >= 0.3 is 0 Å². The first-order chi connectivity index (χ1) is 12.8. The van der Waals surface area contributed by atoms with Crippen LogP contribution >= 0.6 is 11.3 Å². The van der Waals surface area contributed by atoms with Crippen LogP contribution in [-0.4, -0.2) is 16.7 Å². The third-order valence-electron chi connectivity index (χ3n) is 5.09. The number of primary amides is 1. The summed E-state index contributed by atoms with van der Waals surface area (Å²) >= 11 is 1.38. The molecular formula is C19H21N3O4S. The van der Waals surface area contributed by atoms with Crippen LogP contribution < -0.4 is 11.1 Å². The van der Waals surface area contributed by atoms with Gasteiger partial charge in [-0.3, -0.25) is 19.7 Å². The predicted molar refractivity (Wildman–Crippen MR) is 104 cm³/mol. The summed E-state index contributed by atoms with van der Waals surface area (Å²) in [5, 5.41) is 14.3. The second-order valence-electron chi connectivity index (χ2n) is 6.80. The Balaban J connectivity index is 1.93. The molecule has 1 atom stereocenters. The average molecular weight is 387 g/mol. The molecule has 1 aliphatic rings. The minimum atomic E-state index is -0.562. The number of rotatable bonds is 5. The van der Waals surface area contributed by atoms with E-state index in [0.717, 1.165) is 36.1 Å². The first kappa shape index (κ1) is 19.0. The van der Waals surface area contributed by atoms with E-state index in [9.17, 15) is 19.7 Å². The molecule has 3 rings (SSSR count). The van der Waals surface area contributed by atoms with Crippen molar-refractivity contribution in [3.05, 3.63) is 55.4 Å². The molecule has 0 saturated carbocycles. The molecular weight excluding hydrogens is 366 g/mol. The fourth-order valence-corrected chi connectivity index (χ4v) is 4.84. The summed E-state index contributed by atoms with van der Waals surface area (Å²) in [5.74, 6) is -0.487. The third kappa shape index (κ3) is 3.71. The first-order valence-electron chi connectivity index (χ1n) is 8.82. The summed E-state index contributed by atoms with van der Waals surface area (Å²) in [7, 11) is 0. The molecule has 142 valence electrons. The number of carbonyl (C=O) groups is 2. The predicted octanol–water partition coefficient (Wildman–Crippen LogP) is 3.83. The Hall–Kier alpha value is -2.74. The van der Waals surface area contributed by atoms with Crippen molar-refractivity contribution in [2.75, 3.05) is 5.32 Å².